The van der Waals surface area contributed by atoms with Crippen LogP contribution in [0.1, 0.15) is 53.4 Å². The number of amides is 1. The molecule has 5 nitrogen and oxygen atoms in total. The van der Waals surface area contributed by atoms with Crippen LogP contribution in [-0.4, -0.2) is 32.5 Å². The van der Waals surface area contributed by atoms with Crippen LogP contribution in [0, 0.1) is 6.92 Å². The second-order valence-corrected chi connectivity index (χ2v) is 5.47. The second-order valence-electron chi connectivity index (χ2n) is 5.47. The smallest absolute Gasteiger partial charge is 0.294 e. The van der Waals surface area contributed by atoms with Crippen LogP contribution in [-0.2, 0) is 6.42 Å². The first-order chi connectivity index (χ1) is 10.2. The number of aryl methyl sites for hydroxylation is 2. The molecule has 2 aromatic rings. The Labute approximate surface area is 124 Å². The van der Waals surface area contributed by atoms with Gasteiger partial charge in [0.1, 0.15) is 5.82 Å². The van der Waals surface area contributed by atoms with E-state index in [9.17, 15) is 4.79 Å². The zero-order chi connectivity index (χ0) is 14.8. The SMILES string of the molecule is CCc1nc(C(=O)N2CCCC2c2ccccc2C)n[nH]1. The van der Waals surface area contributed by atoms with Gasteiger partial charge in [-0.1, -0.05) is 31.2 Å². The lowest BCUT2D eigenvalue weighted by atomic mass is 9.99. The van der Waals surface area contributed by atoms with Crippen LogP contribution < -0.4 is 0 Å². The van der Waals surface area contributed by atoms with Gasteiger partial charge in [-0.05, 0) is 30.9 Å². The fourth-order valence-electron chi connectivity index (χ4n) is 2.97. The van der Waals surface area contributed by atoms with Crippen LogP contribution in [0.5, 0.6) is 0 Å². The molecule has 0 saturated carbocycles. The minimum absolute atomic E-state index is 0.0725. The number of hydrogen-bond donors (Lipinski definition) is 1. The number of likely N-dealkylation sites (tertiary alicyclic amines) is 1. The molecule has 1 N–H and O–H groups in total. The topological polar surface area (TPSA) is 61.9 Å². The maximum atomic E-state index is 12.7. The minimum Gasteiger partial charge on any atom is -0.329 e. The van der Waals surface area contributed by atoms with E-state index in [1.165, 1.54) is 11.1 Å². The number of carbonyl (C=O) groups is 1. The van der Waals surface area contributed by atoms with Crippen molar-refractivity contribution in [3.63, 3.8) is 0 Å². The van der Waals surface area contributed by atoms with Crippen LogP contribution in [0.15, 0.2) is 24.3 Å². The van der Waals surface area contributed by atoms with Crippen molar-refractivity contribution < 1.29 is 4.79 Å². The third-order valence-electron chi connectivity index (χ3n) is 4.12. The molecule has 1 unspecified atom stereocenters. The first-order valence-electron chi connectivity index (χ1n) is 7.48. The Balaban J connectivity index is 1.87. The van der Waals surface area contributed by atoms with E-state index in [-0.39, 0.29) is 17.8 Å². The van der Waals surface area contributed by atoms with E-state index in [4.69, 9.17) is 0 Å². The fourth-order valence-corrected chi connectivity index (χ4v) is 2.97. The molecule has 110 valence electrons. The number of aromatic amines is 1. The van der Waals surface area contributed by atoms with Crippen molar-refractivity contribution in [2.24, 2.45) is 0 Å². The number of nitrogens with one attached hydrogen (secondary N) is 1. The van der Waals surface area contributed by atoms with Crippen molar-refractivity contribution in [1.82, 2.24) is 20.1 Å². The largest absolute Gasteiger partial charge is 0.329 e. The van der Waals surface area contributed by atoms with Crippen LogP contribution in [0.3, 0.4) is 0 Å². The zero-order valence-electron chi connectivity index (χ0n) is 12.5. The van der Waals surface area contributed by atoms with Crippen molar-refractivity contribution in [2.75, 3.05) is 6.54 Å². The molecule has 1 atom stereocenters. The second kappa shape index (κ2) is 5.68. The van der Waals surface area contributed by atoms with Crippen molar-refractivity contribution in [1.29, 1.82) is 0 Å². The lowest BCUT2D eigenvalue weighted by molar-refractivity contribution is 0.0723. The normalized spacial score (nSPS) is 18.2. The molecule has 0 bridgehead atoms. The number of nitrogens with zero attached hydrogens (tertiary/aromatic N) is 3. The summed E-state index contributed by atoms with van der Waals surface area (Å²) in [5.74, 6) is 0.967. The van der Waals surface area contributed by atoms with Gasteiger partial charge in [-0.2, -0.15) is 0 Å². The molecule has 0 aliphatic carbocycles. The summed E-state index contributed by atoms with van der Waals surface area (Å²) < 4.78 is 0. The summed E-state index contributed by atoms with van der Waals surface area (Å²) >= 11 is 0. The first-order valence-corrected chi connectivity index (χ1v) is 7.48. The summed E-state index contributed by atoms with van der Waals surface area (Å²) in [6.45, 7) is 4.85. The summed E-state index contributed by atoms with van der Waals surface area (Å²) in [5.41, 5.74) is 2.46. The highest BCUT2D eigenvalue weighted by atomic mass is 16.2. The fraction of sp³-hybridized carbons (Fsp3) is 0.438. The molecule has 21 heavy (non-hydrogen) atoms. The van der Waals surface area contributed by atoms with E-state index in [2.05, 4.69) is 34.2 Å². The molecule has 0 spiro atoms. The van der Waals surface area contributed by atoms with Gasteiger partial charge in [0.2, 0.25) is 5.82 Å². The van der Waals surface area contributed by atoms with E-state index in [0.29, 0.717) is 0 Å². The van der Waals surface area contributed by atoms with Crippen molar-refractivity contribution in [2.45, 2.75) is 39.2 Å². The predicted molar refractivity (Wildman–Crippen MR) is 80.0 cm³/mol. The lowest BCUT2D eigenvalue weighted by Gasteiger charge is -2.25. The molecule has 1 fully saturated rings. The first kappa shape index (κ1) is 13.8. The summed E-state index contributed by atoms with van der Waals surface area (Å²) in [4.78, 5) is 18.8. The van der Waals surface area contributed by atoms with Gasteiger partial charge in [-0.15, -0.1) is 5.10 Å². The summed E-state index contributed by atoms with van der Waals surface area (Å²) in [6.07, 6.45) is 2.78. The molecule has 5 heteroatoms. The van der Waals surface area contributed by atoms with E-state index in [0.717, 1.165) is 31.6 Å². The van der Waals surface area contributed by atoms with E-state index >= 15 is 0 Å². The Bertz CT molecular complexity index is 649. The number of rotatable bonds is 3. The lowest BCUT2D eigenvalue weighted by Crippen LogP contribution is -2.31. The summed E-state index contributed by atoms with van der Waals surface area (Å²) in [6, 6.07) is 8.41. The van der Waals surface area contributed by atoms with Crippen molar-refractivity contribution in [3.8, 4) is 0 Å². The van der Waals surface area contributed by atoms with Crippen LogP contribution >= 0.6 is 0 Å². The van der Waals surface area contributed by atoms with Crippen LogP contribution in [0.2, 0.25) is 0 Å². The Hall–Kier alpha value is -2.17. The highest BCUT2D eigenvalue weighted by Gasteiger charge is 2.33. The summed E-state index contributed by atoms with van der Waals surface area (Å²) in [5, 5.41) is 6.87. The average molecular weight is 284 g/mol. The molecule has 0 radical (unpaired) electrons. The third kappa shape index (κ3) is 2.55. The number of aromatic nitrogens is 3. The predicted octanol–water partition coefficient (Wildman–Crippen LogP) is 2.65. The Morgan fingerprint density at radius 2 is 2.24 bits per heavy atom. The monoisotopic (exact) mass is 284 g/mol. The Morgan fingerprint density at radius 3 is 2.95 bits per heavy atom. The van der Waals surface area contributed by atoms with Gasteiger partial charge >= 0.3 is 0 Å². The standard InChI is InChI=1S/C16H20N4O/c1-3-14-17-15(19-18-14)16(21)20-10-6-9-13(20)12-8-5-4-7-11(12)2/h4-5,7-8,13H,3,6,9-10H2,1-2H3,(H,17,18,19). The Kier molecular flexibility index (Phi) is 3.73. The van der Waals surface area contributed by atoms with Gasteiger partial charge in [-0.3, -0.25) is 9.89 Å². The van der Waals surface area contributed by atoms with E-state index in [1.807, 2.05) is 24.0 Å². The van der Waals surface area contributed by atoms with Gasteiger partial charge in [0.25, 0.3) is 5.91 Å². The average Bonchev–Trinajstić information content (AvgIpc) is 3.16. The van der Waals surface area contributed by atoms with Crippen molar-refractivity contribution in [3.05, 3.63) is 47.0 Å². The number of hydrogen-bond acceptors (Lipinski definition) is 3. The minimum atomic E-state index is -0.0725. The quantitative estimate of drug-likeness (QED) is 0.942. The highest BCUT2D eigenvalue weighted by Crippen LogP contribution is 2.34. The number of H-pyrrole nitrogens is 1. The molecule has 2 heterocycles. The molecule has 1 amide bonds. The third-order valence-corrected chi connectivity index (χ3v) is 4.12. The molecule has 1 saturated heterocycles. The van der Waals surface area contributed by atoms with Gasteiger partial charge in [0.15, 0.2) is 0 Å². The molecule has 1 aromatic carbocycles. The van der Waals surface area contributed by atoms with E-state index < -0.39 is 0 Å². The molecular formula is C16H20N4O. The van der Waals surface area contributed by atoms with Crippen molar-refractivity contribution >= 4 is 5.91 Å². The number of carbonyl (C=O) groups excluding carboxylic acids is 1. The zero-order valence-corrected chi connectivity index (χ0v) is 12.5. The summed E-state index contributed by atoms with van der Waals surface area (Å²) in [7, 11) is 0. The molecule has 1 aromatic heterocycles. The highest BCUT2D eigenvalue weighted by molar-refractivity contribution is 5.91. The molecular weight excluding hydrogens is 264 g/mol. The maximum absolute atomic E-state index is 12.7. The molecule has 1 aliphatic heterocycles. The molecule has 1 aliphatic rings. The van der Waals surface area contributed by atoms with Gasteiger partial charge in [-0.25, -0.2) is 4.98 Å². The van der Waals surface area contributed by atoms with Crippen LogP contribution in [0.4, 0.5) is 0 Å². The molecule has 3 rings (SSSR count). The van der Waals surface area contributed by atoms with Gasteiger partial charge < -0.3 is 4.90 Å². The van der Waals surface area contributed by atoms with Gasteiger partial charge in [0.05, 0.1) is 6.04 Å². The van der Waals surface area contributed by atoms with Gasteiger partial charge in [0, 0.05) is 13.0 Å². The maximum Gasteiger partial charge on any atom is 0.294 e. The van der Waals surface area contributed by atoms with Crippen LogP contribution in [0.25, 0.3) is 0 Å². The van der Waals surface area contributed by atoms with E-state index in [1.54, 1.807) is 0 Å². The number of benzene rings is 1. The Morgan fingerprint density at radius 1 is 1.43 bits per heavy atom.